The molecule has 0 heterocycles. The number of aliphatic hydroxyl groups is 3. The van der Waals surface area contributed by atoms with Crippen molar-refractivity contribution in [2.75, 3.05) is 26.4 Å². The first kappa shape index (κ1) is 21.8. The quantitative estimate of drug-likeness (QED) is 0.301. The van der Waals surface area contributed by atoms with Crippen LogP contribution in [0.15, 0.2) is 0 Å². The van der Waals surface area contributed by atoms with E-state index in [0.29, 0.717) is 32.1 Å². The lowest BCUT2D eigenvalue weighted by molar-refractivity contribution is -0.149. The summed E-state index contributed by atoms with van der Waals surface area (Å²) in [6.07, 6.45) is 4.18. The molecular formula is C16H30O7. The van der Waals surface area contributed by atoms with Crippen molar-refractivity contribution in [2.45, 2.75) is 63.9 Å². The molecule has 136 valence electrons. The molecule has 0 saturated heterocycles. The molecule has 1 unspecified atom stereocenters. The number of carbonyl (C=O) groups is 2. The topological polar surface area (TPSA) is 113 Å². The molecule has 0 radical (unpaired) electrons. The van der Waals surface area contributed by atoms with Crippen LogP contribution in [0.3, 0.4) is 0 Å². The van der Waals surface area contributed by atoms with E-state index in [9.17, 15) is 14.7 Å². The predicted octanol–water partition coefficient (Wildman–Crippen LogP) is 0.929. The highest BCUT2D eigenvalue weighted by atomic mass is 16.5. The van der Waals surface area contributed by atoms with Gasteiger partial charge in [0.05, 0.1) is 12.7 Å². The molecule has 0 rings (SSSR count). The van der Waals surface area contributed by atoms with Crippen molar-refractivity contribution < 1.29 is 34.4 Å². The summed E-state index contributed by atoms with van der Waals surface area (Å²) >= 11 is 0. The fourth-order valence-electron chi connectivity index (χ4n) is 1.84. The van der Waals surface area contributed by atoms with E-state index in [2.05, 4.69) is 0 Å². The van der Waals surface area contributed by atoms with Gasteiger partial charge in [-0.15, -0.1) is 0 Å². The van der Waals surface area contributed by atoms with E-state index < -0.39 is 6.10 Å². The molecule has 23 heavy (non-hydrogen) atoms. The third-order valence-electron chi connectivity index (χ3n) is 3.23. The summed E-state index contributed by atoms with van der Waals surface area (Å²) in [5, 5.41) is 26.8. The Balaban J connectivity index is 3.50. The van der Waals surface area contributed by atoms with Gasteiger partial charge in [0.1, 0.15) is 6.61 Å². The van der Waals surface area contributed by atoms with Crippen molar-refractivity contribution in [2.24, 2.45) is 0 Å². The molecule has 0 bridgehead atoms. The minimum atomic E-state index is -0.849. The van der Waals surface area contributed by atoms with E-state index in [0.717, 1.165) is 12.8 Å². The molecule has 0 amide bonds. The molecule has 0 aromatic rings. The van der Waals surface area contributed by atoms with Crippen molar-refractivity contribution in [3.63, 3.8) is 0 Å². The van der Waals surface area contributed by atoms with E-state index in [1.54, 1.807) is 0 Å². The Hall–Kier alpha value is -1.18. The van der Waals surface area contributed by atoms with Crippen LogP contribution in [-0.2, 0) is 19.1 Å². The van der Waals surface area contributed by atoms with Gasteiger partial charge in [0.25, 0.3) is 0 Å². The molecule has 0 aliphatic rings. The van der Waals surface area contributed by atoms with Crippen LogP contribution < -0.4 is 0 Å². The minimum Gasteiger partial charge on any atom is -0.466 e. The molecule has 1 atom stereocenters. The molecule has 7 nitrogen and oxygen atoms in total. The molecule has 0 aliphatic heterocycles. The van der Waals surface area contributed by atoms with Crippen LogP contribution in [0, 0.1) is 0 Å². The Morgan fingerprint density at radius 1 is 0.783 bits per heavy atom. The summed E-state index contributed by atoms with van der Waals surface area (Å²) in [6.45, 7) is 0.232. The van der Waals surface area contributed by atoms with Crippen molar-refractivity contribution in [3.05, 3.63) is 0 Å². The first-order valence-corrected chi connectivity index (χ1v) is 8.31. The second-order valence-corrected chi connectivity index (χ2v) is 5.41. The molecule has 0 saturated carbocycles. The van der Waals surface area contributed by atoms with Crippen molar-refractivity contribution in [1.29, 1.82) is 0 Å². The van der Waals surface area contributed by atoms with Crippen LogP contribution >= 0.6 is 0 Å². The van der Waals surface area contributed by atoms with Crippen LogP contribution in [0.1, 0.15) is 57.8 Å². The summed E-state index contributed by atoms with van der Waals surface area (Å²) in [5.74, 6) is -0.695. The number of rotatable bonds is 15. The lowest BCUT2D eigenvalue weighted by Gasteiger charge is -2.11. The Morgan fingerprint density at radius 3 is 1.83 bits per heavy atom. The number of carbonyl (C=O) groups excluding carboxylic acids is 2. The number of hydrogen-bond acceptors (Lipinski definition) is 7. The third kappa shape index (κ3) is 15.5. The molecule has 0 aliphatic carbocycles. The van der Waals surface area contributed by atoms with Crippen molar-refractivity contribution in [3.8, 4) is 0 Å². The summed E-state index contributed by atoms with van der Waals surface area (Å²) in [4.78, 5) is 22.7. The predicted molar refractivity (Wildman–Crippen MR) is 83.6 cm³/mol. The van der Waals surface area contributed by atoms with Crippen LogP contribution in [0.5, 0.6) is 0 Å². The van der Waals surface area contributed by atoms with E-state index in [-0.39, 0.29) is 51.2 Å². The Morgan fingerprint density at radius 2 is 1.30 bits per heavy atom. The van der Waals surface area contributed by atoms with Crippen molar-refractivity contribution >= 4 is 11.9 Å². The van der Waals surface area contributed by atoms with Gasteiger partial charge in [-0.1, -0.05) is 12.8 Å². The second-order valence-electron chi connectivity index (χ2n) is 5.41. The van der Waals surface area contributed by atoms with Gasteiger partial charge in [-0.2, -0.15) is 0 Å². The maximum Gasteiger partial charge on any atom is 0.305 e. The highest BCUT2D eigenvalue weighted by Crippen LogP contribution is 2.04. The smallest absolute Gasteiger partial charge is 0.305 e. The number of unbranched alkanes of at least 4 members (excludes halogenated alkanes) is 4. The molecule has 3 N–H and O–H groups in total. The maximum absolute atomic E-state index is 11.4. The summed E-state index contributed by atoms with van der Waals surface area (Å²) in [7, 11) is 0. The first-order valence-electron chi connectivity index (χ1n) is 8.31. The molecule has 0 aromatic carbocycles. The zero-order valence-electron chi connectivity index (χ0n) is 13.7. The first-order chi connectivity index (χ1) is 11.1. The summed E-state index contributed by atoms with van der Waals surface area (Å²) in [5.41, 5.74) is 0. The maximum atomic E-state index is 11.4. The lowest BCUT2D eigenvalue weighted by atomic mass is 10.2. The van der Waals surface area contributed by atoms with Gasteiger partial charge in [-0.3, -0.25) is 9.59 Å². The molecule has 0 fully saturated rings. The molecule has 7 heteroatoms. The second kappa shape index (κ2) is 15.7. The highest BCUT2D eigenvalue weighted by Gasteiger charge is 2.10. The summed E-state index contributed by atoms with van der Waals surface area (Å²) in [6, 6.07) is 0. The number of esters is 2. The SMILES string of the molecule is O=C(CCCCCO)OCCC(O)COC(=O)CCCCCO. The standard InChI is InChI=1S/C16H30O7/c17-10-5-1-3-7-15(20)22-12-9-14(19)13-23-16(21)8-4-2-6-11-18/h14,17-19H,1-13H2. The highest BCUT2D eigenvalue weighted by molar-refractivity contribution is 5.69. The fourth-order valence-corrected chi connectivity index (χ4v) is 1.84. The Labute approximate surface area is 137 Å². The van der Waals surface area contributed by atoms with Gasteiger partial charge in [0, 0.05) is 32.5 Å². The Kier molecular flexibility index (Phi) is 14.9. The molecule has 0 aromatic heterocycles. The van der Waals surface area contributed by atoms with E-state index in [1.165, 1.54) is 0 Å². The average molecular weight is 334 g/mol. The zero-order chi connectivity index (χ0) is 17.3. The van der Waals surface area contributed by atoms with Crippen LogP contribution in [0.2, 0.25) is 0 Å². The van der Waals surface area contributed by atoms with Gasteiger partial charge in [0.15, 0.2) is 0 Å². The lowest BCUT2D eigenvalue weighted by Crippen LogP contribution is -2.21. The largest absolute Gasteiger partial charge is 0.466 e. The number of aliphatic hydroxyl groups excluding tert-OH is 3. The van der Waals surface area contributed by atoms with Gasteiger partial charge in [0.2, 0.25) is 0 Å². The monoisotopic (exact) mass is 334 g/mol. The van der Waals surface area contributed by atoms with Gasteiger partial charge >= 0.3 is 11.9 Å². The van der Waals surface area contributed by atoms with Gasteiger partial charge in [-0.25, -0.2) is 0 Å². The zero-order valence-corrected chi connectivity index (χ0v) is 13.7. The molecule has 0 spiro atoms. The normalized spacial score (nSPS) is 12.0. The van der Waals surface area contributed by atoms with Crippen LogP contribution in [-0.4, -0.2) is 59.8 Å². The minimum absolute atomic E-state index is 0.0913. The average Bonchev–Trinajstić information content (AvgIpc) is 2.54. The third-order valence-corrected chi connectivity index (χ3v) is 3.23. The van der Waals surface area contributed by atoms with Gasteiger partial charge < -0.3 is 24.8 Å². The van der Waals surface area contributed by atoms with Crippen LogP contribution in [0.25, 0.3) is 0 Å². The van der Waals surface area contributed by atoms with E-state index in [4.69, 9.17) is 19.7 Å². The molecular weight excluding hydrogens is 304 g/mol. The number of hydrogen-bond donors (Lipinski definition) is 3. The summed E-state index contributed by atoms with van der Waals surface area (Å²) < 4.78 is 9.88. The van der Waals surface area contributed by atoms with Crippen LogP contribution in [0.4, 0.5) is 0 Å². The van der Waals surface area contributed by atoms with E-state index in [1.807, 2.05) is 0 Å². The Bertz CT molecular complexity index is 307. The van der Waals surface area contributed by atoms with Gasteiger partial charge in [-0.05, 0) is 25.7 Å². The van der Waals surface area contributed by atoms with E-state index >= 15 is 0 Å². The van der Waals surface area contributed by atoms with Crippen molar-refractivity contribution in [1.82, 2.24) is 0 Å². The number of ether oxygens (including phenoxy) is 2. The fraction of sp³-hybridized carbons (Fsp3) is 0.875.